The van der Waals surface area contributed by atoms with Crippen molar-refractivity contribution in [3.8, 4) is 0 Å². The molecule has 0 unspecified atom stereocenters. The molecular weight excluding hydrogens is 302 g/mol. The molecule has 0 fully saturated rings. The van der Waals surface area contributed by atoms with E-state index in [-0.39, 0.29) is 16.1 Å². The second kappa shape index (κ2) is 5.94. The number of carbonyl (C=O) groups is 2. The van der Waals surface area contributed by atoms with Crippen molar-refractivity contribution in [3.05, 3.63) is 50.7 Å². The van der Waals surface area contributed by atoms with Crippen molar-refractivity contribution in [2.75, 3.05) is 5.32 Å². The minimum atomic E-state index is -1.09. The van der Waals surface area contributed by atoms with Crippen LogP contribution in [0.1, 0.15) is 25.6 Å². The van der Waals surface area contributed by atoms with E-state index in [9.17, 15) is 9.59 Å². The Morgan fingerprint density at radius 1 is 1.20 bits per heavy atom. The predicted octanol–water partition coefficient (Wildman–Crippen LogP) is 3.41. The Kier molecular flexibility index (Phi) is 4.26. The quantitative estimate of drug-likeness (QED) is 0.787. The number of hydrogen-bond acceptors (Lipinski definition) is 4. The number of hydrogen-bond donors (Lipinski definition) is 3. The van der Waals surface area contributed by atoms with Crippen molar-refractivity contribution in [3.63, 3.8) is 0 Å². The average Bonchev–Trinajstić information content (AvgIpc) is 2.86. The minimum absolute atomic E-state index is 0.0223. The van der Waals surface area contributed by atoms with E-state index >= 15 is 0 Å². The van der Waals surface area contributed by atoms with Gasteiger partial charge >= 0.3 is 11.9 Å². The molecule has 0 radical (unpaired) electrons. The molecule has 2 rings (SSSR count). The second-order valence-electron chi connectivity index (χ2n) is 3.96. The zero-order chi connectivity index (χ0) is 14.7. The maximum Gasteiger partial charge on any atom is 0.337 e. The van der Waals surface area contributed by atoms with Crippen LogP contribution in [0.5, 0.6) is 0 Å². The summed E-state index contributed by atoms with van der Waals surface area (Å²) in [6.45, 7) is 0.415. The van der Waals surface area contributed by atoms with Gasteiger partial charge in [-0.15, -0.1) is 11.3 Å². The normalized spacial score (nSPS) is 10.2. The Morgan fingerprint density at radius 3 is 2.55 bits per heavy atom. The Hall–Kier alpha value is -2.05. The predicted molar refractivity (Wildman–Crippen MR) is 77.0 cm³/mol. The van der Waals surface area contributed by atoms with E-state index in [4.69, 9.17) is 21.8 Å². The van der Waals surface area contributed by atoms with Gasteiger partial charge in [-0.05, 0) is 24.3 Å². The van der Waals surface area contributed by atoms with E-state index in [2.05, 4.69) is 5.32 Å². The van der Waals surface area contributed by atoms with Crippen LogP contribution in [-0.4, -0.2) is 22.2 Å². The van der Waals surface area contributed by atoms with Crippen molar-refractivity contribution < 1.29 is 19.8 Å². The van der Waals surface area contributed by atoms with E-state index in [1.807, 2.05) is 0 Å². The molecule has 1 heterocycles. The van der Waals surface area contributed by atoms with Gasteiger partial charge in [0.1, 0.15) is 0 Å². The lowest BCUT2D eigenvalue weighted by Gasteiger charge is -2.06. The molecule has 2 aromatic rings. The highest BCUT2D eigenvalue weighted by molar-refractivity contribution is 7.10. The number of anilines is 1. The number of carboxylic acid groups (broad SMARTS) is 2. The molecule has 0 saturated carbocycles. The van der Waals surface area contributed by atoms with Gasteiger partial charge in [-0.2, -0.15) is 0 Å². The first-order chi connectivity index (χ1) is 9.47. The van der Waals surface area contributed by atoms with E-state index in [1.165, 1.54) is 23.5 Å². The molecule has 7 heteroatoms. The topological polar surface area (TPSA) is 86.6 Å². The SMILES string of the molecule is O=C(O)c1csc(CNc2ccc(Cl)c(C(=O)O)c2)c1. The van der Waals surface area contributed by atoms with Crippen LogP contribution in [0.15, 0.2) is 29.6 Å². The first kappa shape index (κ1) is 14.4. The average molecular weight is 312 g/mol. The number of aromatic carboxylic acids is 2. The van der Waals surface area contributed by atoms with E-state index in [1.54, 1.807) is 17.5 Å². The summed E-state index contributed by atoms with van der Waals surface area (Å²) in [4.78, 5) is 22.5. The fourth-order valence-corrected chi connectivity index (χ4v) is 2.57. The van der Waals surface area contributed by atoms with Crippen LogP contribution in [0.4, 0.5) is 5.69 Å². The third-order valence-corrected chi connectivity index (χ3v) is 3.83. The summed E-state index contributed by atoms with van der Waals surface area (Å²) in [6, 6.07) is 6.19. The molecule has 0 saturated heterocycles. The summed E-state index contributed by atoms with van der Waals surface area (Å²) in [5.41, 5.74) is 0.875. The van der Waals surface area contributed by atoms with Crippen LogP contribution < -0.4 is 5.32 Å². The lowest BCUT2D eigenvalue weighted by Crippen LogP contribution is -2.02. The van der Waals surface area contributed by atoms with E-state index < -0.39 is 11.9 Å². The Balaban J connectivity index is 2.08. The van der Waals surface area contributed by atoms with Gasteiger partial charge in [-0.25, -0.2) is 9.59 Å². The standard InChI is InChI=1S/C13H10ClNO4S/c14-11-2-1-8(4-10(11)13(18)19)15-5-9-3-7(6-20-9)12(16)17/h1-4,6,15H,5H2,(H,16,17)(H,18,19). The molecule has 0 bridgehead atoms. The second-order valence-corrected chi connectivity index (χ2v) is 5.36. The molecule has 0 aliphatic heterocycles. The minimum Gasteiger partial charge on any atom is -0.478 e. The van der Waals surface area contributed by atoms with Crippen LogP contribution in [-0.2, 0) is 6.54 Å². The molecule has 1 aromatic carbocycles. The van der Waals surface area contributed by atoms with Gasteiger partial charge in [0.2, 0.25) is 0 Å². The van der Waals surface area contributed by atoms with Crippen LogP contribution in [0.2, 0.25) is 5.02 Å². The number of thiophene rings is 1. The van der Waals surface area contributed by atoms with Crippen molar-refractivity contribution >= 4 is 40.6 Å². The summed E-state index contributed by atoms with van der Waals surface area (Å²) in [6.07, 6.45) is 0. The summed E-state index contributed by atoms with van der Waals surface area (Å²) < 4.78 is 0. The third-order valence-electron chi connectivity index (χ3n) is 2.56. The zero-order valence-corrected chi connectivity index (χ0v) is 11.7. The highest BCUT2D eigenvalue weighted by atomic mass is 35.5. The van der Waals surface area contributed by atoms with Gasteiger partial charge in [0, 0.05) is 22.5 Å². The smallest absolute Gasteiger partial charge is 0.337 e. The zero-order valence-electron chi connectivity index (χ0n) is 10.1. The lowest BCUT2D eigenvalue weighted by molar-refractivity contribution is 0.0686. The van der Waals surface area contributed by atoms with Gasteiger partial charge < -0.3 is 15.5 Å². The Labute approximate surface area is 123 Å². The Morgan fingerprint density at radius 2 is 1.95 bits per heavy atom. The number of rotatable bonds is 5. The Bertz CT molecular complexity index is 668. The molecule has 1 aromatic heterocycles. The third kappa shape index (κ3) is 3.28. The number of nitrogens with one attached hydrogen (secondary N) is 1. The number of halogens is 1. The fraction of sp³-hybridized carbons (Fsp3) is 0.0769. The first-order valence-corrected chi connectivity index (χ1v) is 6.80. The number of carboxylic acids is 2. The van der Waals surface area contributed by atoms with Gasteiger partial charge in [0.25, 0.3) is 0 Å². The monoisotopic (exact) mass is 311 g/mol. The maximum absolute atomic E-state index is 11.0. The summed E-state index contributed by atoms with van der Waals surface area (Å²) in [7, 11) is 0. The molecule has 0 amide bonds. The summed E-state index contributed by atoms with van der Waals surface area (Å²) >= 11 is 7.10. The van der Waals surface area contributed by atoms with E-state index in [0.29, 0.717) is 12.2 Å². The highest BCUT2D eigenvalue weighted by Gasteiger charge is 2.10. The summed E-state index contributed by atoms with van der Waals surface area (Å²) in [5.74, 6) is -2.06. The largest absolute Gasteiger partial charge is 0.478 e. The molecule has 0 spiro atoms. The summed E-state index contributed by atoms with van der Waals surface area (Å²) in [5, 5.41) is 22.5. The van der Waals surface area contributed by atoms with Gasteiger partial charge in [0.15, 0.2) is 0 Å². The van der Waals surface area contributed by atoms with Crippen molar-refractivity contribution in [1.82, 2.24) is 0 Å². The molecule has 0 aliphatic rings. The molecule has 104 valence electrons. The van der Waals surface area contributed by atoms with Crippen molar-refractivity contribution in [2.45, 2.75) is 6.54 Å². The molecule has 20 heavy (non-hydrogen) atoms. The van der Waals surface area contributed by atoms with E-state index in [0.717, 1.165) is 4.88 Å². The van der Waals surface area contributed by atoms with Gasteiger partial charge in [-0.3, -0.25) is 0 Å². The fourth-order valence-electron chi connectivity index (χ4n) is 1.57. The van der Waals surface area contributed by atoms with Crippen molar-refractivity contribution in [1.29, 1.82) is 0 Å². The van der Waals surface area contributed by atoms with Crippen LogP contribution in [0, 0.1) is 0 Å². The van der Waals surface area contributed by atoms with Crippen molar-refractivity contribution in [2.24, 2.45) is 0 Å². The van der Waals surface area contributed by atoms with Gasteiger partial charge in [0.05, 0.1) is 16.1 Å². The number of benzene rings is 1. The molecule has 3 N–H and O–H groups in total. The molecule has 0 atom stereocenters. The molecular formula is C13H10ClNO4S. The first-order valence-electron chi connectivity index (χ1n) is 5.55. The van der Waals surface area contributed by atoms with Gasteiger partial charge in [-0.1, -0.05) is 11.6 Å². The van der Waals surface area contributed by atoms with Crippen LogP contribution in [0.3, 0.4) is 0 Å². The molecule has 0 aliphatic carbocycles. The van der Waals surface area contributed by atoms with Crippen LogP contribution in [0.25, 0.3) is 0 Å². The molecule has 5 nitrogen and oxygen atoms in total. The highest BCUT2D eigenvalue weighted by Crippen LogP contribution is 2.22. The van der Waals surface area contributed by atoms with Crippen LogP contribution >= 0.6 is 22.9 Å². The lowest BCUT2D eigenvalue weighted by atomic mass is 10.2. The maximum atomic E-state index is 11.0.